The van der Waals surface area contributed by atoms with Gasteiger partial charge in [-0.05, 0) is 17.9 Å². The smallest absolute Gasteiger partial charge is 0.0871 e. The Hall–Kier alpha value is -0.863. The molecule has 1 aliphatic carbocycles. The van der Waals surface area contributed by atoms with Crippen molar-refractivity contribution in [3.05, 3.63) is 42.5 Å². The van der Waals surface area contributed by atoms with E-state index in [1.54, 1.807) is 5.19 Å². The van der Waals surface area contributed by atoms with Gasteiger partial charge in [0.15, 0.2) is 0 Å². The van der Waals surface area contributed by atoms with Gasteiger partial charge < -0.3 is 4.74 Å². The molecule has 0 aromatic heterocycles. The maximum Gasteiger partial charge on any atom is 0.0871 e. The molecule has 0 N–H and O–H groups in total. The molecule has 1 saturated heterocycles. The first-order chi connectivity index (χ1) is 9.05. The molecular formula is C17H24OSi. The second-order valence-corrected chi connectivity index (χ2v) is 11.8. The van der Waals surface area contributed by atoms with Gasteiger partial charge in [-0.25, -0.2) is 0 Å². The fraction of sp³-hybridized carbons (Fsp3) is 0.529. The van der Waals surface area contributed by atoms with E-state index in [9.17, 15) is 0 Å². The average Bonchev–Trinajstić information content (AvgIpc) is 2.98. The van der Waals surface area contributed by atoms with Crippen molar-refractivity contribution in [1.82, 2.24) is 0 Å². The Morgan fingerprint density at radius 1 is 1.32 bits per heavy atom. The summed E-state index contributed by atoms with van der Waals surface area (Å²) in [6, 6.07) is 11.0. The summed E-state index contributed by atoms with van der Waals surface area (Å²) in [5.74, 6) is 0.817. The first-order valence-electron chi connectivity index (χ1n) is 7.37. The molecule has 1 nitrogen and oxygen atoms in total. The van der Waals surface area contributed by atoms with E-state index in [1.807, 2.05) is 0 Å². The highest BCUT2D eigenvalue weighted by Crippen LogP contribution is 2.58. The standard InChI is InChI=1S/C17H24OSi/c1-14(9-10-17-11-15(17)12-18-13-17)19(2,3)16-7-5-4-6-8-16/h4-10,14-15H,11-13H2,1-3H3/b10-9+/t14?,15-,17+/m0/s1. The van der Waals surface area contributed by atoms with Crippen molar-refractivity contribution in [3.63, 3.8) is 0 Å². The summed E-state index contributed by atoms with van der Waals surface area (Å²) in [6.07, 6.45) is 6.31. The summed E-state index contributed by atoms with van der Waals surface area (Å²) in [5.41, 5.74) is 1.10. The average molecular weight is 272 g/mol. The third-order valence-corrected chi connectivity index (χ3v) is 9.63. The number of hydrogen-bond acceptors (Lipinski definition) is 1. The van der Waals surface area contributed by atoms with Crippen molar-refractivity contribution < 1.29 is 4.74 Å². The largest absolute Gasteiger partial charge is 0.380 e. The Kier molecular flexibility index (Phi) is 3.18. The molecule has 3 rings (SSSR count). The molecule has 1 saturated carbocycles. The van der Waals surface area contributed by atoms with Crippen molar-refractivity contribution in [2.75, 3.05) is 13.2 Å². The van der Waals surface area contributed by atoms with E-state index in [0.717, 1.165) is 19.1 Å². The van der Waals surface area contributed by atoms with Crippen LogP contribution in [-0.4, -0.2) is 21.3 Å². The van der Waals surface area contributed by atoms with Crippen LogP contribution in [0.5, 0.6) is 0 Å². The van der Waals surface area contributed by atoms with E-state index in [4.69, 9.17) is 4.74 Å². The first kappa shape index (κ1) is 13.1. The molecule has 2 fully saturated rings. The predicted molar refractivity (Wildman–Crippen MR) is 83.5 cm³/mol. The predicted octanol–water partition coefficient (Wildman–Crippen LogP) is 3.58. The lowest BCUT2D eigenvalue weighted by molar-refractivity contribution is 0.156. The van der Waals surface area contributed by atoms with Crippen LogP contribution in [0.3, 0.4) is 0 Å². The summed E-state index contributed by atoms with van der Waals surface area (Å²) >= 11 is 0. The molecule has 0 spiro atoms. The fourth-order valence-corrected chi connectivity index (χ4v) is 5.31. The molecule has 19 heavy (non-hydrogen) atoms. The van der Waals surface area contributed by atoms with Crippen molar-refractivity contribution >= 4 is 13.3 Å². The Labute approximate surface area is 117 Å². The minimum atomic E-state index is -1.40. The molecule has 2 heteroatoms. The lowest BCUT2D eigenvalue weighted by atomic mass is 10.1. The summed E-state index contributed by atoms with van der Waals surface area (Å²) in [6.45, 7) is 9.28. The first-order valence-corrected chi connectivity index (χ1v) is 10.4. The molecule has 3 atom stereocenters. The van der Waals surface area contributed by atoms with Crippen LogP contribution >= 0.6 is 0 Å². The Morgan fingerprint density at radius 3 is 2.63 bits per heavy atom. The maximum atomic E-state index is 5.57. The van der Waals surface area contributed by atoms with Gasteiger partial charge in [-0.15, -0.1) is 0 Å². The summed E-state index contributed by atoms with van der Waals surface area (Å²) in [4.78, 5) is 0. The SMILES string of the molecule is CC(/C=C/[C@@]12COC[C@@H]1C2)[Si](C)(C)c1ccccc1. The van der Waals surface area contributed by atoms with E-state index in [1.165, 1.54) is 6.42 Å². The fourth-order valence-electron chi connectivity index (χ4n) is 3.15. The van der Waals surface area contributed by atoms with Crippen LogP contribution in [0.4, 0.5) is 0 Å². The second kappa shape index (κ2) is 4.60. The number of benzene rings is 1. The molecule has 1 unspecified atom stereocenters. The highest BCUT2D eigenvalue weighted by molar-refractivity contribution is 6.91. The zero-order valence-electron chi connectivity index (χ0n) is 12.2. The van der Waals surface area contributed by atoms with Crippen molar-refractivity contribution in [1.29, 1.82) is 0 Å². The Morgan fingerprint density at radius 2 is 2.05 bits per heavy atom. The lowest BCUT2D eigenvalue weighted by Crippen LogP contribution is -2.44. The lowest BCUT2D eigenvalue weighted by Gasteiger charge is -2.28. The topological polar surface area (TPSA) is 9.23 Å². The molecule has 1 aromatic rings. The van der Waals surface area contributed by atoms with E-state index in [2.05, 4.69) is 62.5 Å². The Bertz CT molecular complexity index is 479. The highest BCUT2D eigenvalue weighted by atomic mass is 28.3. The second-order valence-electron chi connectivity index (χ2n) is 6.88. The number of rotatable bonds is 4. The maximum absolute atomic E-state index is 5.57. The van der Waals surface area contributed by atoms with Crippen LogP contribution < -0.4 is 5.19 Å². The van der Waals surface area contributed by atoms with Gasteiger partial charge >= 0.3 is 0 Å². The van der Waals surface area contributed by atoms with Gasteiger partial charge in [-0.3, -0.25) is 0 Å². The summed E-state index contributed by atoms with van der Waals surface area (Å²) in [7, 11) is -1.40. The van der Waals surface area contributed by atoms with E-state index >= 15 is 0 Å². The van der Waals surface area contributed by atoms with Gasteiger partial charge in [0.2, 0.25) is 0 Å². The van der Waals surface area contributed by atoms with Gasteiger partial charge in [0.05, 0.1) is 21.3 Å². The van der Waals surface area contributed by atoms with Crippen LogP contribution in [0.25, 0.3) is 0 Å². The van der Waals surface area contributed by atoms with Crippen LogP contribution in [0, 0.1) is 11.3 Å². The summed E-state index contributed by atoms with van der Waals surface area (Å²) in [5, 5.41) is 1.56. The van der Waals surface area contributed by atoms with Gasteiger partial charge in [-0.2, -0.15) is 0 Å². The van der Waals surface area contributed by atoms with Gasteiger partial charge in [0.1, 0.15) is 0 Å². The van der Waals surface area contributed by atoms with E-state index in [-0.39, 0.29) is 0 Å². The van der Waals surface area contributed by atoms with Crippen LogP contribution in [0.2, 0.25) is 18.6 Å². The zero-order valence-corrected chi connectivity index (χ0v) is 13.2. The van der Waals surface area contributed by atoms with Crippen LogP contribution in [0.1, 0.15) is 13.3 Å². The van der Waals surface area contributed by atoms with Gasteiger partial charge in [-0.1, -0.05) is 67.7 Å². The van der Waals surface area contributed by atoms with Gasteiger partial charge in [0, 0.05) is 5.41 Å². The van der Waals surface area contributed by atoms with Crippen LogP contribution in [0.15, 0.2) is 42.5 Å². The van der Waals surface area contributed by atoms with E-state index in [0.29, 0.717) is 11.0 Å². The number of fused-ring (bicyclic) bond motifs is 1. The van der Waals surface area contributed by atoms with Crippen molar-refractivity contribution in [2.45, 2.75) is 32.0 Å². The summed E-state index contributed by atoms with van der Waals surface area (Å²) < 4.78 is 5.57. The third-order valence-electron chi connectivity index (χ3n) is 5.34. The zero-order chi connectivity index (χ0) is 13.5. The quantitative estimate of drug-likeness (QED) is 0.601. The highest BCUT2D eigenvalue weighted by Gasteiger charge is 2.56. The minimum absolute atomic E-state index is 0.426. The molecule has 0 amide bonds. The number of hydrogen-bond donors (Lipinski definition) is 0. The van der Waals surface area contributed by atoms with Crippen molar-refractivity contribution in [2.24, 2.45) is 11.3 Å². The normalized spacial score (nSPS) is 31.4. The molecule has 0 bridgehead atoms. The molecule has 1 aliphatic heterocycles. The van der Waals surface area contributed by atoms with Gasteiger partial charge in [0.25, 0.3) is 0 Å². The molecule has 1 heterocycles. The number of allylic oxidation sites excluding steroid dienone is 1. The molecule has 0 radical (unpaired) electrons. The minimum Gasteiger partial charge on any atom is -0.380 e. The molecule has 1 aromatic carbocycles. The van der Waals surface area contributed by atoms with Crippen LogP contribution in [-0.2, 0) is 4.74 Å². The third kappa shape index (κ3) is 2.32. The monoisotopic (exact) mass is 272 g/mol. The Balaban J connectivity index is 1.73. The van der Waals surface area contributed by atoms with Crippen molar-refractivity contribution in [3.8, 4) is 0 Å². The van der Waals surface area contributed by atoms with E-state index < -0.39 is 8.07 Å². The molecule has 102 valence electrons. The number of ether oxygens (including phenoxy) is 1. The molecule has 2 aliphatic rings. The molecular weight excluding hydrogens is 248 g/mol.